The van der Waals surface area contributed by atoms with Crippen molar-refractivity contribution >= 4 is 10.0 Å². The molecule has 0 N–H and O–H groups in total. The zero-order chi connectivity index (χ0) is 12.3. The average molecular weight is 244 g/mol. The third kappa shape index (κ3) is 2.38. The Kier molecular flexibility index (Phi) is 4.34. The Hall–Kier alpha value is -0.600. The summed E-state index contributed by atoms with van der Waals surface area (Å²) >= 11 is 0. The van der Waals surface area contributed by atoms with Gasteiger partial charge in [-0.15, -0.1) is 0 Å². The molecule has 3 atom stereocenters. The summed E-state index contributed by atoms with van der Waals surface area (Å²) in [5.74, 6) is 0. The van der Waals surface area contributed by atoms with Crippen LogP contribution in [-0.2, 0) is 10.0 Å². The van der Waals surface area contributed by atoms with E-state index in [-0.39, 0.29) is 12.1 Å². The molecule has 1 fully saturated rings. The third-order valence-electron chi connectivity index (χ3n) is 3.28. The number of piperidine rings is 1. The van der Waals surface area contributed by atoms with E-state index in [1.165, 1.54) is 0 Å². The van der Waals surface area contributed by atoms with E-state index in [2.05, 4.69) is 0 Å². The zero-order valence-electron chi connectivity index (χ0n) is 10.2. The molecule has 5 heteroatoms. The zero-order valence-corrected chi connectivity index (χ0v) is 11.0. The number of sulfonamides is 1. The van der Waals surface area contributed by atoms with Crippen molar-refractivity contribution in [2.75, 3.05) is 0 Å². The number of rotatable bonds is 3. The van der Waals surface area contributed by atoms with E-state index in [9.17, 15) is 8.42 Å². The fraction of sp³-hybridized carbons (Fsp3) is 0.909. The van der Waals surface area contributed by atoms with E-state index >= 15 is 0 Å². The summed E-state index contributed by atoms with van der Waals surface area (Å²) in [6.07, 6.45) is 3.21. The van der Waals surface area contributed by atoms with Crippen LogP contribution in [0.4, 0.5) is 0 Å². The summed E-state index contributed by atoms with van der Waals surface area (Å²) in [7, 11) is -3.45. The minimum absolute atomic E-state index is 0.0242. The molecule has 92 valence electrons. The molecule has 1 aliphatic rings. The number of nitrogens with zero attached hydrogens (tertiary/aromatic N) is 2. The van der Waals surface area contributed by atoms with Gasteiger partial charge in [0.15, 0.2) is 5.25 Å². The highest BCUT2D eigenvalue weighted by Gasteiger charge is 2.38. The van der Waals surface area contributed by atoms with Crippen LogP contribution in [0.25, 0.3) is 0 Å². The monoisotopic (exact) mass is 244 g/mol. The van der Waals surface area contributed by atoms with Gasteiger partial charge < -0.3 is 0 Å². The van der Waals surface area contributed by atoms with E-state index in [0.717, 1.165) is 19.3 Å². The fourth-order valence-electron chi connectivity index (χ4n) is 2.41. The molecule has 1 saturated heterocycles. The van der Waals surface area contributed by atoms with Crippen LogP contribution in [0, 0.1) is 11.3 Å². The fourth-order valence-corrected chi connectivity index (χ4v) is 4.48. The molecule has 0 radical (unpaired) electrons. The molecule has 16 heavy (non-hydrogen) atoms. The molecule has 0 spiro atoms. The predicted octanol–water partition coefficient (Wildman–Crippen LogP) is 1.88. The van der Waals surface area contributed by atoms with Crippen molar-refractivity contribution in [2.24, 2.45) is 0 Å². The van der Waals surface area contributed by atoms with Crippen molar-refractivity contribution < 1.29 is 8.42 Å². The summed E-state index contributed by atoms with van der Waals surface area (Å²) < 4.78 is 26.1. The quantitative estimate of drug-likeness (QED) is 0.761. The molecule has 0 saturated carbocycles. The van der Waals surface area contributed by atoms with Gasteiger partial charge in [0, 0.05) is 12.1 Å². The lowest BCUT2D eigenvalue weighted by molar-refractivity contribution is 0.203. The topological polar surface area (TPSA) is 61.2 Å². The van der Waals surface area contributed by atoms with E-state index in [0.29, 0.717) is 6.42 Å². The lowest BCUT2D eigenvalue weighted by Gasteiger charge is -2.38. The molecule has 0 amide bonds. The highest BCUT2D eigenvalue weighted by atomic mass is 32.2. The van der Waals surface area contributed by atoms with Gasteiger partial charge in [-0.1, -0.05) is 13.3 Å². The predicted molar refractivity (Wildman–Crippen MR) is 63.2 cm³/mol. The van der Waals surface area contributed by atoms with Crippen LogP contribution in [0.3, 0.4) is 0 Å². The maximum atomic E-state index is 12.3. The van der Waals surface area contributed by atoms with Gasteiger partial charge in [0.2, 0.25) is 10.0 Å². The minimum Gasteiger partial charge on any atom is -0.211 e. The Balaban J connectivity index is 3.02. The molecule has 4 nitrogen and oxygen atoms in total. The van der Waals surface area contributed by atoms with Crippen LogP contribution in [0.5, 0.6) is 0 Å². The summed E-state index contributed by atoms with van der Waals surface area (Å²) in [6, 6.07) is 1.95. The van der Waals surface area contributed by atoms with Gasteiger partial charge in [-0.3, -0.25) is 0 Å². The summed E-state index contributed by atoms with van der Waals surface area (Å²) in [6.45, 7) is 5.60. The average Bonchev–Trinajstić information content (AvgIpc) is 2.18. The molecule has 1 heterocycles. The van der Waals surface area contributed by atoms with Crippen LogP contribution in [-0.4, -0.2) is 30.1 Å². The highest BCUT2D eigenvalue weighted by molar-refractivity contribution is 7.90. The first-order chi connectivity index (χ1) is 7.45. The Labute approximate surface area is 98.3 Å². The highest BCUT2D eigenvalue weighted by Crippen LogP contribution is 2.28. The van der Waals surface area contributed by atoms with Gasteiger partial charge in [-0.05, 0) is 33.1 Å². The van der Waals surface area contributed by atoms with Gasteiger partial charge in [-0.2, -0.15) is 9.57 Å². The molecular formula is C11H20N2O2S. The molecule has 1 aliphatic heterocycles. The van der Waals surface area contributed by atoms with Crippen LogP contribution in [0.2, 0.25) is 0 Å². The number of nitriles is 1. The van der Waals surface area contributed by atoms with Gasteiger partial charge in [0.05, 0.1) is 6.07 Å². The number of hydrogen-bond donors (Lipinski definition) is 0. The first kappa shape index (κ1) is 13.5. The third-order valence-corrected chi connectivity index (χ3v) is 5.75. The molecular weight excluding hydrogens is 224 g/mol. The largest absolute Gasteiger partial charge is 0.230 e. The first-order valence-electron chi connectivity index (χ1n) is 5.87. The maximum absolute atomic E-state index is 12.3. The van der Waals surface area contributed by atoms with Crippen molar-refractivity contribution in [3.63, 3.8) is 0 Å². The molecule has 1 rings (SSSR count). The second-order valence-electron chi connectivity index (χ2n) is 4.53. The van der Waals surface area contributed by atoms with Crippen molar-refractivity contribution in [1.29, 1.82) is 5.26 Å². The van der Waals surface area contributed by atoms with E-state index < -0.39 is 15.3 Å². The Morgan fingerprint density at radius 3 is 2.25 bits per heavy atom. The Bertz CT molecular complexity index is 362. The Morgan fingerprint density at radius 2 is 1.88 bits per heavy atom. The lowest BCUT2D eigenvalue weighted by atomic mass is 10.0. The van der Waals surface area contributed by atoms with Gasteiger partial charge >= 0.3 is 0 Å². The smallest absolute Gasteiger partial charge is 0.211 e. The lowest BCUT2D eigenvalue weighted by Crippen LogP contribution is -2.50. The molecule has 1 unspecified atom stereocenters. The van der Waals surface area contributed by atoms with Gasteiger partial charge in [-0.25, -0.2) is 8.42 Å². The van der Waals surface area contributed by atoms with E-state index in [4.69, 9.17) is 5.26 Å². The summed E-state index contributed by atoms with van der Waals surface area (Å²) in [5.41, 5.74) is 0. The van der Waals surface area contributed by atoms with Crippen LogP contribution in [0.15, 0.2) is 0 Å². The van der Waals surface area contributed by atoms with Crippen molar-refractivity contribution in [2.45, 2.75) is 63.8 Å². The summed E-state index contributed by atoms with van der Waals surface area (Å²) in [5, 5.41) is 8.02. The van der Waals surface area contributed by atoms with Crippen molar-refractivity contribution in [1.82, 2.24) is 4.31 Å². The molecule has 0 aliphatic carbocycles. The first-order valence-corrected chi connectivity index (χ1v) is 7.37. The van der Waals surface area contributed by atoms with Crippen LogP contribution >= 0.6 is 0 Å². The Morgan fingerprint density at radius 1 is 1.38 bits per heavy atom. The normalized spacial score (nSPS) is 29.6. The second-order valence-corrected chi connectivity index (χ2v) is 6.55. The standard InChI is InChI=1S/C11H20N2O2S/c1-4-11(8-12)16(14,15)13-9(2)6-5-7-10(13)3/h9-11H,4-7H2,1-3H3/t9-,10+,11?. The van der Waals surface area contributed by atoms with Crippen molar-refractivity contribution in [3.05, 3.63) is 0 Å². The van der Waals surface area contributed by atoms with Crippen LogP contribution < -0.4 is 0 Å². The van der Waals surface area contributed by atoms with E-state index in [1.807, 2.05) is 19.9 Å². The molecule has 0 aromatic rings. The minimum atomic E-state index is -3.45. The van der Waals surface area contributed by atoms with Crippen molar-refractivity contribution in [3.8, 4) is 6.07 Å². The second kappa shape index (κ2) is 5.15. The van der Waals surface area contributed by atoms with Crippen LogP contribution in [0.1, 0.15) is 46.5 Å². The molecule has 0 aromatic carbocycles. The van der Waals surface area contributed by atoms with E-state index in [1.54, 1.807) is 11.2 Å². The molecule has 0 aromatic heterocycles. The molecule has 0 bridgehead atoms. The summed E-state index contributed by atoms with van der Waals surface area (Å²) in [4.78, 5) is 0. The SMILES string of the molecule is CCC(C#N)S(=O)(=O)N1[C@H](C)CCC[C@@H]1C. The van der Waals surface area contributed by atoms with Gasteiger partial charge in [0.25, 0.3) is 0 Å². The maximum Gasteiger partial charge on any atom is 0.230 e. The van der Waals surface area contributed by atoms with Gasteiger partial charge in [0.1, 0.15) is 0 Å². The number of hydrogen-bond acceptors (Lipinski definition) is 3.